The molecule has 0 aromatic carbocycles. The van der Waals surface area contributed by atoms with Gasteiger partial charge in [-0.3, -0.25) is 4.79 Å². The van der Waals surface area contributed by atoms with Gasteiger partial charge >= 0.3 is 0 Å². The summed E-state index contributed by atoms with van der Waals surface area (Å²) >= 11 is 1.67. The highest BCUT2D eigenvalue weighted by molar-refractivity contribution is 7.07. The Balaban J connectivity index is 2.04. The van der Waals surface area contributed by atoms with Gasteiger partial charge in [-0.05, 0) is 28.8 Å². The van der Waals surface area contributed by atoms with Crippen LogP contribution >= 0.6 is 11.3 Å². The van der Waals surface area contributed by atoms with Crippen LogP contribution in [0.15, 0.2) is 16.8 Å². The summed E-state index contributed by atoms with van der Waals surface area (Å²) in [5, 5.41) is 7.17. The SMILES string of the molecule is COCCNCC(=O)CCc1ccsc1. The average molecular weight is 227 g/mol. The minimum atomic E-state index is 0.261. The van der Waals surface area contributed by atoms with Crippen molar-refractivity contribution in [1.29, 1.82) is 0 Å². The molecule has 3 nitrogen and oxygen atoms in total. The molecule has 0 amide bonds. The van der Waals surface area contributed by atoms with E-state index >= 15 is 0 Å². The van der Waals surface area contributed by atoms with E-state index in [4.69, 9.17) is 4.74 Å². The topological polar surface area (TPSA) is 38.3 Å². The molecule has 1 heterocycles. The van der Waals surface area contributed by atoms with Crippen LogP contribution < -0.4 is 5.32 Å². The van der Waals surface area contributed by atoms with Gasteiger partial charge in [-0.25, -0.2) is 0 Å². The van der Waals surface area contributed by atoms with Crippen LogP contribution in [-0.2, 0) is 16.0 Å². The lowest BCUT2D eigenvalue weighted by Crippen LogP contribution is -2.26. The lowest BCUT2D eigenvalue weighted by molar-refractivity contribution is -0.118. The van der Waals surface area contributed by atoms with Crippen LogP contribution in [0.25, 0.3) is 0 Å². The van der Waals surface area contributed by atoms with Gasteiger partial charge in [0.15, 0.2) is 0 Å². The fourth-order valence-corrected chi connectivity index (χ4v) is 1.91. The van der Waals surface area contributed by atoms with Gasteiger partial charge in [-0.15, -0.1) is 0 Å². The summed E-state index contributed by atoms with van der Waals surface area (Å²) in [6.45, 7) is 1.84. The van der Waals surface area contributed by atoms with E-state index in [1.54, 1.807) is 18.4 Å². The molecule has 0 aliphatic carbocycles. The lowest BCUT2D eigenvalue weighted by atomic mass is 10.1. The van der Waals surface area contributed by atoms with Crippen molar-refractivity contribution in [2.45, 2.75) is 12.8 Å². The number of rotatable bonds is 8. The summed E-state index contributed by atoms with van der Waals surface area (Å²) in [5.74, 6) is 0.261. The third-order valence-corrected chi connectivity index (χ3v) is 2.81. The molecule has 4 heteroatoms. The van der Waals surface area contributed by atoms with Crippen molar-refractivity contribution in [3.8, 4) is 0 Å². The average Bonchev–Trinajstić information content (AvgIpc) is 2.74. The van der Waals surface area contributed by atoms with Crippen LogP contribution in [0.4, 0.5) is 0 Å². The summed E-state index contributed by atoms with van der Waals surface area (Å²) in [5.41, 5.74) is 1.25. The Bertz CT molecular complexity index is 272. The molecule has 0 saturated heterocycles. The summed E-state index contributed by atoms with van der Waals surface area (Å²) in [4.78, 5) is 11.4. The van der Waals surface area contributed by atoms with Crippen LogP contribution in [0.2, 0.25) is 0 Å². The molecule has 0 bridgehead atoms. The number of hydrogen-bond donors (Lipinski definition) is 1. The third-order valence-electron chi connectivity index (χ3n) is 2.08. The largest absolute Gasteiger partial charge is 0.383 e. The van der Waals surface area contributed by atoms with Gasteiger partial charge in [0, 0.05) is 20.1 Å². The van der Waals surface area contributed by atoms with E-state index in [9.17, 15) is 4.79 Å². The molecule has 1 aromatic heterocycles. The fourth-order valence-electron chi connectivity index (χ4n) is 1.21. The number of nitrogens with one attached hydrogen (secondary N) is 1. The second-order valence-electron chi connectivity index (χ2n) is 3.34. The molecule has 1 aromatic rings. The second-order valence-corrected chi connectivity index (χ2v) is 4.12. The molecule has 0 aliphatic heterocycles. The fraction of sp³-hybridized carbons (Fsp3) is 0.545. The quantitative estimate of drug-likeness (QED) is 0.684. The van der Waals surface area contributed by atoms with Crippen LogP contribution in [0.5, 0.6) is 0 Å². The molecule has 1 rings (SSSR count). The van der Waals surface area contributed by atoms with Gasteiger partial charge in [-0.1, -0.05) is 0 Å². The van der Waals surface area contributed by atoms with Crippen molar-refractivity contribution >= 4 is 17.1 Å². The summed E-state index contributed by atoms with van der Waals surface area (Å²) < 4.78 is 4.87. The molecule has 0 fully saturated rings. The maximum Gasteiger partial charge on any atom is 0.146 e. The summed E-state index contributed by atoms with van der Waals surface area (Å²) in [6, 6.07) is 2.07. The second kappa shape index (κ2) is 7.56. The molecular formula is C11H17NO2S. The molecule has 0 radical (unpaired) electrons. The van der Waals surface area contributed by atoms with Crippen molar-refractivity contribution in [3.05, 3.63) is 22.4 Å². The Morgan fingerprint density at radius 2 is 2.47 bits per heavy atom. The van der Waals surface area contributed by atoms with Crippen molar-refractivity contribution in [3.63, 3.8) is 0 Å². The first-order chi connectivity index (χ1) is 7.33. The minimum Gasteiger partial charge on any atom is -0.383 e. The minimum absolute atomic E-state index is 0.261. The number of thiophene rings is 1. The van der Waals surface area contributed by atoms with Gasteiger partial charge in [0.25, 0.3) is 0 Å². The van der Waals surface area contributed by atoms with Crippen LogP contribution in [0.3, 0.4) is 0 Å². The Morgan fingerprint density at radius 3 is 3.13 bits per heavy atom. The molecule has 0 aliphatic rings. The molecule has 84 valence electrons. The molecule has 0 atom stereocenters. The predicted octanol–water partition coefficient (Wildman–Crippen LogP) is 1.49. The predicted molar refractivity (Wildman–Crippen MR) is 62.4 cm³/mol. The smallest absolute Gasteiger partial charge is 0.146 e. The monoisotopic (exact) mass is 227 g/mol. The maximum absolute atomic E-state index is 11.4. The van der Waals surface area contributed by atoms with Gasteiger partial charge in [-0.2, -0.15) is 11.3 Å². The molecule has 1 N–H and O–H groups in total. The van der Waals surface area contributed by atoms with E-state index in [0.29, 0.717) is 19.6 Å². The van der Waals surface area contributed by atoms with Gasteiger partial charge in [0.2, 0.25) is 0 Å². The van der Waals surface area contributed by atoms with Gasteiger partial charge < -0.3 is 10.1 Å². The number of aryl methyl sites for hydroxylation is 1. The number of carbonyl (C=O) groups is 1. The standard InChI is InChI=1S/C11H17NO2S/c1-14-6-5-12-8-11(13)3-2-10-4-7-15-9-10/h4,7,9,12H,2-3,5-6,8H2,1H3. The zero-order chi connectivity index (χ0) is 10.9. The number of Topliss-reactive ketones (excluding diaryl/α,β-unsaturated/α-hetero) is 1. The lowest BCUT2D eigenvalue weighted by Gasteiger charge is -2.02. The highest BCUT2D eigenvalue weighted by Crippen LogP contribution is 2.08. The summed E-state index contributed by atoms with van der Waals surface area (Å²) in [6.07, 6.45) is 1.48. The molecule has 0 spiro atoms. The Kier molecular flexibility index (Phi) is 6.23. The number of carbonyl (C=O) groups excluding carboxylic acids is 1. The Morgan fingerprint density at radius 1 is 1.60 bits per heavy atom. The molecule has 15 heavy (non-hydrogen) atoms. The highest BCUT2D eigenvalue weighted by Gasteiger charge is 2.02. The van der Waals surface area contributed by atoms with E-state index in [0.717, 1.165) is 13.0 Å². The molecule has 0 unspecified atom stereocenters. The number of ketones is 1. The van der Waals surface area contributed by atoms with E-state index in [1.807, 2.05) is 5.38 Å². The first-order valence-electron chi connectivity index (χ1n) is 5.05. The van der Waals surface area contributed by atoms with E-state index in [1.165, 1.54) is 5.56 Å². The zero-order valence-electron chi connectivity index (χ0n) is 8.99. The number of hydrogen-bond acceptors (Lipinski definition) is 4. The molecular weight excluding hydrogens is 210 g/mol. The van der Waals surface area contributed by atoms with Crippen molar-refractivity contribution in [2.75, 3.05) is 26.8 Å². The maximum atomic E-state index is 11.4. The third kappa shape index (κ3) is 5.67. The first kappa shape index (κ1) is 12.4. The number of methoxy groups -OCH3 is 1. The van der Waals surface area contributed by atoms with Gasteiger partial charge in [0.05, 0.1) is 13.2 Å². The Labute approximate surface area is 94.5 Å². The van der Waals surface area contributed by atoms with Crippen LogP contribution in [0.1, 0.15) is 12.0 Å². The molecule has 0 saturated carbocycles. The van der Waals surface area contributed by atoms with Crippen LogP contribution in [-0.4, -0.2) is 32.6 Å². The van der Waals surface area contributed by atoms with Crippen LogP contribution in [0, 0.1) is 0 Å². The normalized spacial score (nSPS) is 10.5. The van der Waals surface area contributed by atoms with E-state index < -0.39 is 0 Å². The van der Waals surface area contributed by atoms with Gasteiger partial charge in [0.1, 0.15) is 5.78 Å². The Hall–Kier alpha value is -0.710. The first-order valence-corrected chi connectivity index (χ1v) is 5.99. The van der Waals surface area contributed by atoms with E-state index in [2.05, 4.69) is 16.8 Å². The van der Waals surface area contributed by atoms with E-state index in [-0.39, 0.29) is 5.78 Å². The van der Waals surface area contributed by atoms with Crippen molar-refractivity contribution in [1.82, 2.24) is 5.32 Å². The highest BCUT2D eigenvalue weighted by atomic mass is 32.1. The zero-order valence-corrected chi connectivity index (χ0v) is 9.81. The van der Waals surface area contributed by atoms with Crippen molar-refractivity contribution in [2.24, 2.45) is 0 Å². The number of ether oxygens (including phenoxy) is 1. The van der Waals surface area contributed by atoms with Crippen molar-refractivity contribution < 1.29 is 9.53 Å². The summed E-state index contributed by atoms with van der Waals surface area (Å²) in [7, 11) is 1.65.